The van der Waals surface area contributed by atoms with Crippen LogP contribution in [0.25, 0.3) is 0 Å². The molecule has 0 unspecified atom stereocenters. The van der Waals surface area contributed by atoms with E-state index in [1.54, 1.807) is 17.4 Å². The largest absolute Gasteiger partial charge is 0.491 e. The summed E-state index contributed by atoms with van der Waals surface area (Å²) in [6.07, 6.45) is 9.16. The van der Waals surface area contributed by atoms with E-state index in [1.807, 2.05) is 65.2 Å². The molecule has 0 radical (unpaired) electrons. The van der Waals surface area contributed by atoms with Crippen molar-refractivity contribution >= 4 is 11.8 Å². The summed E-state index contributed by atoms with van der Waals surface area (Å²) < 4.78 is 8.21. The van der Waals surface area contributed by atoms with Crippen molar-refractivity contribution in [2.24, 2.45) is 0 Å². The molecule has 0 saturated heterocycles. The van der Waals surface area contributed by atoms with Crippen LogP contribution in [0.15, 0.2) is 73.3 Å². The highest BCUT2D eigenvalue weighted by Crippen LogP contribution is 2.22. The number of benzene rings is 2. The number of aromatic nitrogens is 2. The molecule has 4 rings (SSSR count). The molecule has 0 fully saturated rings. The van der Waals surface area contributed by atoms with E-state index in [0.29, 0.717) is 50.4 Å². The van der Waals surface area contributed by atoms with Gasteiger partial charge in [-0.3, -0.25) is 9.59 Å². The van der Waals surface area contributed by atoms with Crippen molar-refractivity contribution in [2.75, 3.05) is 26.7 Å². The first-order chi connectivity index (χ1) is 17.1. The first-order valence-corrected chi connectivity index (χ1v) is 12.4. The smallest absolute Gasteiger partial charge is 0.257 e. The molecule has 7 heteroatoms. The molecule has 2 heterocycles. The normalized spacial score (nSPS) is 17.5. The Labute approximate surface area is 207 Å². The van der Waals surface area contributed by atoms with Gasteiger partial charge in [-0.15, -0.1) is 0 Å². The highest BCUT2D eigenvalue weighted by molar-refractivity contribution is 5.96. The van der Waals surface area contributed by atoms with Crippen molar-refractivity contribution in [1.82, 2.24) is 19.4 Å². The zero-order valence-corrected chi connectivity index (χ0v) is 20.4. The Balaban J connectivity index is 1.60. The predicted octanol–water partition coefficient (Wildman–Crippen LogP) is 4.05. The number of hydrogen-bond acceptors (Lipinski definition) is 4. The Hall–Kier alpha value is -3.61. The number of para-hydroxylation sites is 1. The van der Waals surface area contributed by atoms with Gasteiger partial charge in [-0.25, -0.2) is 4.98 Å². The molecule has 2 amide bonds. The van der Waals surface area contributed by atoms with Gasteiger partial charge in [-0.05, 0) is 43.4 Å². The number of nitrogens with zero attached hydrogens (tertiary/aromatic N) is 4. The van der Waals surface area contributed by atoms with Gasteiger partial charge in [0.2, 0.25) is 5.91 Å². The molecule has 0 saturated carbocycles. The van der Waals surface area contributed by atoms with Crippen molar-refractivity contribution in [3.8, 4) is 5.75 Å². The summed E-state index contributed by atoms with van der Waals surface area (Å²) >= 11 is 0. The molecule has 1 aliphatic heterocycles. The van der Waals surface area contributed by atoms with Crippen LogP contribution in [0, 0.1) is 0 Å². The van der Waals surface area contributed by atoms with Gasteiger partial charge in [0.05, 0.1) is 17.9 Å². The fourth-order valence-corrected chi connectivity index (χ4v) is 4.51. The summed E-state index contributed by atoms with van der Waals surface area (Å²) in [7, 11) is 1.84. The van der Waals surface area contributed by atoms with Gasteiger partial charge in [0.25, 0.3) is 5.91 Å². The van der Waals surface area contributed by atoms with E-state index >= 15 is 0 Å². The highest BCUT2D eigenvalue weighted by Gasteiger charge is 2.26. The Morgan fingerprint density at radius 1 is 1.03 bits per heavy atom. The van der Waals surface area contributed by atoms with Crippen molar-refractivity contribution in [2.45, 2.75) is 44.7 Å². The average Bonchev–Trinajstić information content (AvgIpc) is 3.41. The number of hydrogen-bond donors (Lipinski definition) is 0. The molecule has 1 atom stereocenters. The topological polar surface area (TPSA) is 67.7 Å². The molecule has 0 spiro atoms. The van der Waals surface area contributed by atoms with Crippen LogP contribution in [0.4, 0.5) is 0 Å². The SMILES string of the molecule is CN1CCCCCN(C(=O)CCn2ccnc2)[C@@H](Cc2ccccc2)COc2ccccc2C1=O. The second kappa shape index (κ2) is 12.2. The molecule has 0 bridgehead atoms. The minimum Gasteiger partial charge on any atom is -0.491 e. The second-order valence-corrected chi connectivity index (χ2v) is 9.08. The van der Waals surface area contributed by atoms with Crippen LogP contribution < -0.4 is 4.74 Å². The van der Waals surface area contributed by atoms with E-state index in [2.05, 4.69) is 17.1 Å². The van der Waals surface area contributed by atoms with Crippen LogP contribution >= 0.6 is 0 Å². The Bertz CT molecular complexity index is 1080. The maximum Gasteiger partial charge on any atom is 0.257 e. The minimum atomic E-state index is -0.144. The van der Waals surface area contributed by atoms with Crippen molar-refractivity contribution in [3.63, 3.8) is 0 Å². The van der Waals surface area contributed by atoms with Crippen LogP contribution in [0.5, 0.6) is 5.75 Å². The predicted molar refractivity (Wildman–Crippen MR) is 135 cm³/mol. The van der Waals surface area contributed by atoms with E-state index in [9.17, 15) is 9.59 Å². The average molecular weight is 475 g/mol. The summed E-state index contributed by atoms with van der Waals surface area (Å²) in [5.41, 5.74) is 1.72. The third kappa shape index (κ3) is 6.72. The molecule has 1 aliphatic rings. The number of aryl methyl sites for hydroxylation is 1. The fourth-order valence-electron chi connectivity index (χ4n) is 4.51. The number of carbonyl (C=O) groups excluding carboxylic acids is 2. The number of rotatable bonds is 5. The van der Waals surface area contributed by atoms with Gasteiger partial charge in [0, 0.05) is 45.5 Å². The first kappa shape index (κ1) is 24.5. The lowest BCUT2D eigenvalue weighted by atomic mass is 10.0. The van der Waals surface area contributed by atoms with Crippen LogP contribution in [0.1, 0.15) is 41.6 Å². The fraction of sp³-hybridized carbons (Fsp3) is 0.393. The van der Waals surface area contributed by atoms with Crippen LogP contribution in [-0.2, 0) is 17.8 Å². The minimum absolute atomic E-state index is 0.0345. The summed E-state index contributed by atoms with van der Waals surface area (Å²) in [5, 5.41) is 0. The number of imidazole rings is 1. The maximum absolute atomic E-state index is 13.5. The molecule has 2 aromatic carbocycles. The van der Waals surface area contributed by atoms with E-state index in [1.165, 1.54) is 0 Å². The molecule has 184 valence electrons. The highest BCUT2D eigenvalue weighted by atomic mass is 16.5. The molecule has 3 aromatic rings. The van der Waals surface area contributed by atoms with E-state index < -0.39 is 0 Å². The lowest BCUT2D eigenvalue weighted by Gasteiger charge is -2.32. The van der Waals surface area contributed by atoms with Gasteiger partial charge < -0.3 is 19.1 Å². The zero-order chi connectivity index (χ0) is 24.5. The number of ether oxygens (including phenoxy) is 1. The Morgan fingerprint density at radius 2 is 1.80 bits per heavy atom. The quantitative estimate of drug-likeness (QED) is 0.560. The Morgan fingerprint density at radius 3 is 2.60 bits per heavy atom. The van der Waals surface area contributed by atoms with Crippen molar-refractivity contribution in [3.05, 3.63) is 84.4 Å². The summed E-state index contributed by atoms with van der Waals surface area (Å²) in [6.45, 7) is 2.26. The van der Waals surface area contributed by atoms with Crippen LogP contribution in [0.3, 0.4) is 0 Å². The monoisotopic (exact) mass is 474 g/mol. The third-order valence-corrected chi connectivity index (χ3v) is 6.51. The summed E-state index contributed by atoms with van der Waals surface area (Å²) in [6, 6.07) is 17.5. The summed E-state index contributed by atoms with van der Waals surface area (Å²) in [4.78, 5) is 34.4. The maximum atomic E-state index is 13.5. The lowest BCUT2D eigenvalue weighted by molar-refractivity contribution is -0.134. The number of carbonyl (C=O) groups is 2. The molecule has 7 nitrogen and oxygen atoms in total. The van der Waals surface area contributed by atoms with Gasteiger partial charge in [-0.1, -0.05) is 42.5 Å². The number of amides is 2. The Kier molecular flexibility index (Phi) is 8.54. The zero-order valence-electron chi connectivity index (χ0n) is 20.4. The van der Waals surface area contributed by atoms with Crippen molar-refractivity contribution in [1.29, 1.82) is 0 Å². The van der Waals surface area contributed by atoms with Gasteiger partial charge in [-0.2, -0.15) is 0 Å². The van der Waals surface area contributed by atoms with Crippen LogP contribution in [-0.4, -0.2) is 64.0 Å². The van der Waals surface area contributed by atoms with Gasteiger partial charge >= 0.3 is 0 Å². The van der Waals surface area contributed by atoms with E-state index in [4.69, 9.17) is 4.74 Å². The lowest BCUT2D eigenvalue weighted by Crippen LogP contribution is -2.46. The molecule has 35 heavy (non-hydrogen) atoms. The standard InChI is InChI=1S/C28H34N4O3/c1-30-16-8-3-9-17-32(27(33)14-18-31-19-15-29-22-31)24(20-23-10-4-2-5-11-23)21-35-26-13-7-6-12-25(26)28(30)34/h2,4-7,10-13,15,19,22,24H,3,8-9,14,16-18,20-21H2,1H3/t24-/m0/s1. The summed E-state index contributed by atoms with van der Waals surface area (Å²) in [5.74, 6) is 0.639. The molecule has 1 aromatic heterocycles. The molecule has 0 aliphatic carbocycles. The number of fused-ring (bicyclic) bond motifs is 1. The van der Waals surface area contributed by atoms with Gasteiger partial charge in [0.15, 0.2) is 0 Å². The van der Waals surface area contributed by atoms with Crippen molar-refractivity contribution < 1.29 is 14.3 Å². The van der Waals surface area contributed by atoms with Gasteiger partial charge in [0.1, 0.15) is 12.4 Å². The molecular weight excluding hydrogens is 440 g/mol. The first-order valence-electron chi connectivity index (χ1n) is 12.4. The second-order valence-electron chi connectivity index (χ2n) is 9.08. The third-order valence-electron chi connectivity index (χ3n) is 6.51. The van der Waals surface area contributed by atoms with Crippen LogP contribution in [0.2, 0.25) is 0 Å². The molecular formula is C28H34N4O3. The van der Waals surface area contributed by atoms with E-state index in [-0.39, 0.29) is 17.9 Å². The molecule has 0 N–H and O–H groups in total. The van der Waals surface area contributed by atoms with E-state index in [0.717, 1.165) is 24.8 Å².